The molecule has 0 unspecified atom stereocenters. The van der Waals surface area contributed by atoms with E-state index in [1.54, 1.807) is 4.57 Å². The second-order valence-corrected chi connectivity index (χ2v) is 6.51. The van der Waals surface area contributed by atoms with Crippen LogP contribution in [0.2, 0.25) is 0 Å². The van der Waals surface area contributed by atoms with Crippen molar-refractivity contribution in [1.82, 2.24) is 19.9 Å². The number of aromatic nitrogens is 3. The van der Waals surface area contributed by atoms with Crippen LogP contribution in [0.25, 0.3) is 16.7 Å². The molecule has 0 aliphatic heterocycles. The van der Waals surface area contributed by atoms with Crippen LogP contribution in [-0.4, -0.2) is 33.6 Å². The monoisotopic (exact) mass is 367 g/mol. The van der Waals surface area contributed by atoms with Crippen molar-refractivity contribution in [3.8, 4) is 5.69 Å². The maximum Gasteiger partial charge on any atom is 0.354 e. The summed E-state index contributed by atoms with van der Waals surface area (Å²) in [5.41, 5.74) is 13.8. The van der Waals surface area contributed by atoms with Crippen LogP contribution < -0.4 is 22.5 Å². The third-order valence-electron chi connectivity index (χ3n) is 4.24. The van der Waals surface area contributed by atoms with Crippen molar-refractivity contribution < 1.29 is 0 Å². The topological polar surface area (TPSA) is 127 Å². The van der Waals surface area contributed by atoms with E-state index in [1.807, 2.05) is 43.5 Å². The molecular weight excluding hydrogens is 342 g/mol. The van der Waals surface area contributed by atoms with Crippen LogP contribution in [-0.2, 0) is 6.54 Å². The minimum absolute atomic E-state index is 0.142. The third-order valence-corrected chi connectivity index (χ3v) is 4.24. The van der Waals surface area contributed by atoms with Gasteiger partial charge in [0.25, 0.3) is 0 Å². The van der Waals surface area contributed by atoms with Crippen LogP contribution in [0.1, 0.15) is 24.1 Å². The molecule has 2 heterocycles. The van der Waals surface area contributed by atoms with Gasteiger partial charge in [-0.3, -0.25) is 9.56 Å². The van der Waals surface area contributed by atoms with Crippen molar-refractivity contribution in [2.24, 2.45) is 16.5 Å². The molecule has 0 saturated carbocycles. The van der Waals surface area contributed by atoms with E-state index in [1.165, 1.54) is 0 Å². The Hall–Kier alpha value is -3.13. The summed E-state index contributed by atoms with van der Waals surface area (Å²) in [5, 5.41) is 4.31. The first-order valence-corrected chi connectivity index (χ1v) is 8.97. The van der Waals surface area contributed by atoms with Crippen LogP contribution in [0.15, 0.2) is 46.3 Å². The van der Waals surface area contributed by atoms with Gasteiger partial charge in [-0.25, -0.2) is 4.79 Å². The van der Waals surface area contributed by atoms with Gasteiger partial charge < -0.3 is 21.8 Å². The standard InChI is InChI=1S/C19H25N7O/c1-13-10-15-12-26(19(27)25-17(15)24-13)16-6-4-14(5-7-16)11-22-8-2-3-9-23-18(20)21/h4-7,10,12,22H,2-3,8-9,11H2,1H3,(H4,20,21,23)(H,24,25,27). The number of nitrogens with zero attached hydrogens (tertiary/aromatic N) is 3. The zero-order chi connectivity index (χ0) is 19.2. The van der Waals surface area contributed by atoms with Crippen molar-refractivity contribution in [3.63, 3.8) is 0 Å². The molecule has 3 rings (SSSR count). The molecule has 0 aliphatic rings. The van der Waals surface area contributed by atoms with Gasteiger partial charge in [0.1, 0.15) is 5.65 Å². The van der Waals surface area contributed by atoms with Gasteiger partial charge in [-0.2, -0.15) is 4.98 Å². The minimum atomic E-state index is -0.295. The fourth-order valence-electron chi connectivity index (χ4n) is 2.89. The average Bonchev–Trinajstić information content (AvgIpc) is 2.99. The summed E-state index contributed by atoms with van der Waals surface area (Å²) in [6.45, 7) is 4.27. The third kappa shape index (κ3) is 4.95. The lowest BCUT2D eigenvalue weighted by Crippen LogP contribution is -2.23. The number of aromatic amines is 1. The molecule has 0 radical (unpaired) electrons. The number of hydrogen-bond donors (Lipinski definition) is 4. The smallest absolute Gasteiger partial charge is 0.354 e. The second-order valence-electron chi connectivity index (χ2n) is 6.51. The molecular formula is C19H25N7O. The molecule has 0 saturated heterocycles. The molecule has 1 aromatic carbocycles. The Bertz CT molecular complexity index is 981. The van der Waals surface area contributed by atoms with Crippen molar-refractivity contribution in [1.29, 1.82) is 0 Å². The van der Waals surface area contributed by atoms with E-state index < -0.39 is 0 Å². The molecule has 0 amide bonds. The Balaban J connectivity index is 1.57. The average molecular weight is 367 g/mol. The Labute approximate surface area is 157 Å². The minimum Gasteiger partial charge on any atom is -0.370 e. The largest absolute Gasteiger partial charge is 0.370 e. The van der Waals surface area contributed by atoms with Gasteiger partial charge in [-0.15, -0.1) is 0 Å². The van der Waals surface area contributed by atoms with E-state index in [4.69, 9.17) is 11.5 Å². The van der Waals surface area contributed by atoms with Crippen molar-refractivity contribution in [2.75, 3.05) is 13.1 Å². The van der Waals surface area contributed by atoms with Gasteiger partial charge in [0.15, 0.2) is 5.96 Å². The first-order chi connectivity index (χ1) is 13.0. The fourth-order valence-corrected chi connectivity index (χ4v) is 2.89. The van der Waals surface area contributed by atoms with Gasteiger partial charge in [0.05, 0.1) is 5.69 Å². The number of guanidine groups is 1. The lowest BCUT2D eigenvalue weighted by Gasteiger charge is -2.08. The van der Waals surface area contributed by atoms with E-state index in [0.717, 1.165) is 48.3 Å². The van der Waals surface area contributed by atoms with Crippen LogP contribution in [0.5, 0.6) is 0 Å². The van der Waals surface area contributed by atoms with Gasteiger partial charge in [0.2, 0.25) is 0 Å². The van der Waals surface area contributed by atoms with Crippen LogP contribution in [0.4, 0.5) is 0 Å². The summed E-state index contributed by atoms with van der Waals surface area (Å²) >= 11 is 0. The van der Waals surface area contributed by atoms with Gasteiger partial charge >= 0.3 is 5.69 Å². The summed E-state index contributed by atoms with van der Waals surface area (Å²) in [7, 11) is 0. The number of unbranched alkanes of at least 4 members (excludes halogenated alkanes) is 1. The van der Waals surface area contributed by atoms with Crippen molar-refractivity contribution in [2.45, 2.75) is 26.3 Å². The van der Waals surface area contributed by atoms with Gasteiger partial charge in [-0.1, -0.05) is 12.1 Å². The molecule has 3 aromatic rings. The molecule has 8 nitrogen and oxygen atoms in total. The molecule has 0 spiro atoms. The van der Waals surface area contributed by atoms with E-state index in [9.17, 15) is 4.79 Å². The highest BCUT2D eigenvalue weighted by atomic mass is 16.1. The molecule has 27 heavy (non-hydrogen) atoms. The van der Waals surface area contributed by atoms with E-state index in [0.29, 0.717) is 12.2 Å². The van der Waals surface area contributed by atoms with Crippen LogP contribution >= 0.6 is 0 Å². The molecule has 0 bridgehead atoms. The number of fused-ring (bicyclic) bond motifs is 1. The lowest BCUT2D eigenvalue weighted by atomic mass is 10.2. The number of nitrogens with one attached hydrogen (secondary N) is 2. The predicted molar refractivity (Wildman–Crippen MR) is 108 cm³/mol. The summed E-state index contributed by atoms with van der Waals surface area (Å²) in [6.07, 6.45) is 3.77. The molecule has 6 N–H and O–H groups in total. The summed E-state index contributed by atoms with van der Waals surface area (Å²) in [4.78, 5) is 23.4. The quantitative estimate of drug-likeness (QED) is 0.270. The lowest BCUT2D eigenvalue weighted by molar-refractivity contribution is 0.627. The zero-order valence-electron chi connectivity index (χ0n) is 15.4. The van der Waals surface area contributed by atoms with Crippen LogP contribution in [0, 0.1) is 6.92 Å². The maximum absolute atomic E-state index is 12.3. The van der Waals surface area contributed by atoms with Gasteiger partial charge in [0, 0.05) is 30.4 Å². The molecule has 0 fully saturated rings. The summed E-state index contributed by atoms with van der Waals surface area (Å²) in [5.74, 6) is 0.142. The predicted octanol–water partition coefficient (Wildman–Crippen LogP) is 1.17. The fraction of sp³-hybridized carbons (Fsp3) is 0.316. The highest BCUT2D eigenvalue weighted by molar-refractivity contribution is 5.76. The second kappa shape index (κ2) is 8.50. The highest BCUT2D eigenvalue weighted by Gasteiger charge is 2.06. The maximum atomic E-state index is 12.3. The molecule has 2 aromatic heterocycles. The normalized spacial score (nSPS) is 11.0. The number of hydrogen-bond acceptors (Lipinski definition) is 4. The van der Waals surface area contributed by atoms with E-state index >= 15 is 0 Å². The highest BCUT2D eigenvalue weighted by Crippen LogP contribution is 2.13. The first kappa shape index (κ1) is 18.7. The van der Waals surface area contributed by atoms with E-state index in [2.05, 4.69) is 20.3 Å². The number of aliphatic imine (C=N–C) groups is 1. The van der Waals surface area contributed by atoms with Crippen molar-refractivity contribution >= 4 is 17.0 Å². The van der Waals surface area contributed by atoms with Crippen LogP contribution in [0.3, 0.4) is 0 Å². The number of H-pyrrole nitrogens is 1. The molecule has 8 heteroatoms. The summed E-state index contributed by atoms with van der Waals surface area (Å²) < 4.78 is 1.57. The Morgan fingerprint density at radius 2 is 2.04 bits per heavy atom. The Morgan fingerprint density at radius 3 is 2.78 bits per heavy atom. The van der Waals surface area contributed by atoms with Crippen molar-refractivity contribution in [3.05, 3.63) is 58.3 Å². The number of rotatable bonds is 8. The Morgan fingerprint density at radius 1 is 1.26 bits per heavy atom. The van der Waals surface area contributed by atoms with Gasteiger partial charge in [-0.05, 0) is 50.1 Å². The Kier molecular flexibility index (Phi) is 5.87. The molecule has 0 aliphatic carbocycles. The number of benzene rings is 1. The summed E-state index contributed by atoms with van der Waals surface area (Å²) in [6, 6.07) is 9.87. The zero-order valence-corrected chi connectivity index (χ0v) is 15.4. The first-order valence-electron chi connectivity index (χ1n) is 8.97. The molecule has 0 atom stereocenters. The number of nitrogens with two attached hydrogens (primary N) is 2. The van der Waals surface area contributed by atoms with E-state index in [-0.39, 0.29) is 11.6 Å². The SMILES string of the molecule is Cc1cc2cn(-c3ccc(CNCCCCN=C(N)N)cc3)c(=O)nc2[nH]1. The molecule has 142 valence electrons. The number of aryl methyl sites for hydroxylation is 1.